The minimum absolute atomic E-state index is 0.134. The van der Waals surface area contributed by atoms with Crippen molar-refractivity contribution in [2.75, 3.05) is 14.2 Å². The van der Waals surface area contributed by atoms with Crippen molar-refractivity contribution in [2.45, 2.75) is 25.9 Å². The molecule has 0 aliphatic rings. The monoisotopic (exact) mass is 170 g/mol. The van der Waals surface area contributed by atoms with Crippen LogP contribution in [-0.4, -0.2) is 20.3 Å². The third kappa shape index (κ3) is 4.19. The van der Waals surface area contributed by atoms with Crippen molar-refractivity contribution in [3.63, 3.8) is 0 Å². The number of methoxy groups -OCH3 is 2. The normalized spacial score (nSPS) is 14.1. The van der Waals surface area contributed by atoms with Crippen molar-refractivity contribution in [1.82, 2.24) is 0 Å². The summed E-state index contributed by atoms with van der Waals surface area (Å²) < 4.78 is 10.2. The van der Waals surface area contributed by atoms with Crippen molar-refractivity contribution in [1.29, 1.82) is 0 Å². The number of rotatable bonds is 6. The van der Waals surface area contributed by atoms with Crippen molar-refractivity contribution in [3.05, 3.63) is 24.5 Å². The highest BCUT2D eigenvalue weighted by molar-refractivity contribution is 4.92. The summed E-state index contributed by atoms with van der Waals surface area (Å²) in [7, 11) is 3.37. The Morgan fingerprint density at radius 2 is 2.17 bits per heavy atom. The Hall–Kier alpha value is -0.760. The summed E-state index contributed by atoms with van der Waals surface area (Å²) in [6.07, 6.45) is 5.74. The Labute approximate surface area is 74.9 Å². The number of allylic oxidation sites excluding steroid dienone is 2. The van der Waals surface area contributed by atoms with E-state index in [1.165, 1.54) is 0 Å². The molecule has 2 heteroatoms. The molecule has 0 heterocycles. The van der Waals surface area contributed by atoms with E-state index in [0.717, 1.165) is 18.6 Å². The summed E-state index contributed by atoms with van der Waals surface area (Å²) in [5.41, 5.74) is 0. The van der Waals surface area contributed by atoms with E-state index in [4.69, 9.17) is 9.47 Å². The third-order valence-electron chi connectivity index (χ3n) is 1.83. The lowest BCUT2D eigenvalue weighted by Crippen LogP contribution is -2.06. The van der Waals surface area contributed by atoms with Gasteiger partial charge in [-0.25, -0.2) is 0 Å². The van der Waals surface area contributed by atoms with Crippen molar-refractivity contribution in [3.8, 4) is 0 Å². The minimum Gasteiger partial charge on any atom is -0.501 e. The van der Waals surface area contributed by atoms with E-state index in [2.05, 4.69) is 6.58 Å². The molecule has 0 spiro atoms. The van der Waals surface area contributed by atoms with E-state index in [1.54, 1.807) is 14.2 Å². The average molecular weight is 170 g/mol. The van der Waals surface area contributed by atoms with Gasteiger partial charge in [-0.15, -0.1) is 6.58 Å². The van der Waals surface area contributed by atoms with Crippen molar-refractivity contribution >= 4 is 0 Å². The number of hydrogen-bond acceptors (Lipinski definition) is 2. The van der Waals surface area contributed by atoms with Crippen LogP contribution in [0.2, 0.25) is 0 Å². The molecular formula is C10H18O2. The summed E-state index contributed by atoms with van der Waals surface area (Å²) in [6.45, 7) is 5.64. The van der Waals surface area contributed by atoms with Crippen molar-refractivity contribution in [2.24, 2.45) is 0 Å². The van der Waals surface area contributed by atoms with Crippen LogP contribution in [0.4, 0.5) is 0 Å². The van der Waals surface area contributed by atoms with Gasteiger partial charge < -0.3 is 9.47 Å². The molecule has 0 amide bonds. The highest BCUT2D eigenvalue weighted by Gasteiger charge is 2.03. The topological polar surface area (TPSA) is 18.5 Å². The first-order chi connectivity index (χ1) is 5.78. The predicted molar refractivity (Wildman–Crippen MR) is 51.0 cm³/mol. The summed E-state index contributed by atoms with van der Waals surface area (Å²) in [4.78, 5) is 0. The third-order valence-corrected chi connectivity index (χ3v) is 1.83. The standard InChI is InChI=1S/C10H18O2/c1-5-9(11-3)7-8-10(6-2)12-4/h5-6,9H,1,7-8H2,2-4H3. The van der Waals surface area contributed by atoms with Gasteiger partial charge in [0, 0.05) is 13.5 Å². The maximum Gasteiger partial charge on any atom is 0.0914 e. The molecule has 0 bridgehead atoms. The zero-order valence-corrected chi connectivity index (χ0v) is 8.17. The van der Waals surface area contributed by atoms with Crippen LogP contribution in [0.25, 0.3) is 0 Å². The van der Waals surface area contributed by atoms with Gasteiger partial charge >= 0.3 is 0 Å². The second kappa shape index (κ2) is 6.92. The number of ether oxygens (including phenoxy) is 2. The second-order valence-corrected chi connectivity index (χ2v) is 2.51. The summed E-state index contributed by atoms with van der Waals surface area (Å²) in [6, 6.07) is 0. The Morgan fingerprint density at radius 1 is 1.50 bits per heavy atom. The zero-order chi connectivity index (χ0) is 9.40. The Balaban J connectivity index is 3.71. The number of hydrogen-bond donors (Lipinski definition) is 0. The molecule has 12 heavy (non-hydrogen) atoms. The van der Waals surface area contributed by atoms with Crippen LogP contribution in [0.3, 0.4) is 0 Å². The van der Waals surface area contributed by atoms with Gasteiger partial charge in [-0.1, -0.05) is 6.08 Å². The highest BCUT2D eigenvalue weighted by Crippen LogP contribution is 2.10. The molecule has 0 saturated heterocycles. The molecule has 1 unspecified atom stereocenters. The van der Waals surface area contributed by atoms with E-state index in [1.807, 2.05) is 19.1 Å². The SMILES string of the molecule is C=CC(CCC(=CC)OC)OC. The quantitative estimate of drug-likeness (QED) is 0.450. The maximum absolute atomic E-state index is 5.14. The average Bonchev–Trinajstić information content (AvgIpc) is 2.13. The van der Waals surface area contributed by atoms with E-state index >= 15 is 0 Å². The predicted octanol–water partition coefficient (Wildman–Crippen LogP) is 2.52. The first-order valence-corrected chi connectivity index (χ1v) is 4.13. The molecule has 0 radical (unpaired) electrons. The summed E-state index contributed by atoms with van der Waals surface area (Å²) in [5, 5.41) is 0. The van der Waals surface area contributed by atoms with Gasteiger partial charge in [0.05, 0.1) is 19.0 Å². The molecule has 0 fully saturated rings. The molecule has 1 atom stereocenters. The van der Waals surface area contributed by atoms with Crippen molar-refractivity contribution < 1.29 is 9.47 Å². The molecule has 0 N–H and O–H groups in total. The maximum atomic E-state index is 5.14. The molecule has 0 aliphatic carbocycles. The Bertz CT molecular complexity index is 150. The molecule has 2 nitrogen and oxygen atoms in total. The molecular weight excluding hydrogens is 152 g/mol. The Kier molecular flexibility index (Phi) is 6.48. The van der Waals surface area contributed by atoms with Gasteiger partial charge in [-0.2, -0.15) is 0 Å². The van der Waals surface area contributed by atoms with Gasteiger partial charge in [0.25, 0.3) is 0 Å². The lowest BCUT2D eigenvalue weighted by Gasteiger charge is -2.11. The largest absolute Gasteiger partial charge is 0.501 e. The second-order valence-electron chi connectivity index (χ2n) is 2.51. The lowest BCUT2D eigenvalue weighted by molar-refractivity contribution is 0.128. The van der Waals surface area contributed by atoms with Gasteiger partial charge in [0.15, 0.2) is 0 Å². The Morgan fingerprint density at radius 3 is 2.50 bits per heavy atom. The smallest absolute Gasteiger partial charge is 0.0914 e. The fourth-order valence-electron chi connectivity index (χ4n) is 0.981. The lowest BCUT2D eigenvalue weighted by atomic mass is 10.1. The van der Waals surface area contributed by atoms with Gasteiger partial charge in [0.1, 0.15) is 0 Å². The van der Waals surface area contributed by atoms with Gasteiger partial charge in [-0.05, 0) is 19.4 Å². The fourth-order valence-corrected chi connectivity index (χ4v) is 0.981. The zero-order valence-electron chi connectivity index (χ0n) is 8.17. The van der Waals surface area contributed by atoms with Crippen LogP contribution < -0.4 is 0 Å². The van der Waals surface area contributed by atoms with Gasteiger partial charge in [0.2, 0.25) is 0 Å². The summed E-state index contributed by atoms with van der Waals surface area (Å²) in [5.74, 6) is 0.999. The first kappa shape index (κ1) is 11.2. The molecule has 0 aromatic carbocycles. The molecule has 0 aromatic heterocycles. The molecule has 0 saturated carbocycles. The fraction of sp³-hybridized carbons (Fsp3) is 0.600. The molecule has 0 aliphatic heterocycles. The van der Waals surface area contributed by atoms with Crippen LogP contribution >= 0.6 is 0 Å². The van der Waals surface area contributed by atoms with Gasteiger partial charge in [-0.3, -0.25) is 0 Å². The molecule has 0 rings (SSSR count). The highest BCUT2D eigenvalue weighted by atomic mass is 16.5. The molecule has 0 aromatic rings. The van der Waals surface area contributed by atoms with Crippen LogP contribution in [0.1, 0.15) is 19.8 Å². The van der Waals surface area contributed by atoms with E-state index in [-0.39, 0.29) is 6.10 Å². The van der Waals surface area contributed by atoms with E-state index in [0.29, 0.717) is 0 Å². The van der Waals surface area contributed by atoms with E-state index in [9.17, 15) is 0 Å². The minimum atomic E-state index is 0.134. The van der Waals surface area contributed by atoms with E-state index < -0.39 is 0 Å². The van der Waals surface area contributed by atoms with Crippen LogP contribution in [-0.2, 0) is 9.47 Å². The van der Waals surface area contributed by atoms with Crippen LogP contribution in [0.5, 0.6) is 0 Å². The first-order valence-electron chi connectivity index (χ1n) is 4.13. The van der Waals surface area contributed by atoms with Crippen LogP contribution in [0, 0.1) is 0 Å². The van der Waals surface area contributed by atoms with Crippen LogP contribution in [0.15, 0.2) is 24.5 Å². The summed E-state index contributed by atoms with van der Waals surface area (Å²) >= 11 is 0. The molecule has 70 valence electrons.